The summed E-state index contributed by atoms with van der Waals surface area (Å²) in [7, 11) is 0. The number of aromatic nitrogens is 2. The Labute approximate surface area is 103 Å². The van der Waals surface area contributed by atoms with Crippen molar-refractivity contribution in [1.29, 1.82) is 0 Å². The number of carbonyl (C=O) groups excluding carboxylic acids is 1. The molecule has 1 aromatic rings. The average molecular weight is 258 g/mol. The Morgan fingerprint density at radius 2 is 2.18 bits per heavy atom. The normalized spacial score (nSPS) is 15.9. The molecule has 1 fully saturated rings. The van der Waals surface area contributed by atoms with Crippen LogP contribution in [0.5, 0.6) is 0 Å². The van der Waals surface area contributed by atoms with Crippen LogP contribution < -0.4 is 5.56 Å². The predicted molar refractivity (Wildman–Crippen MR) is 60.9 cm³/mol. The molecule has 0 bridgehead atoms. The largest absolute Gasteiger partial charge is 0.378 e. The highest BCUT2D eigenvalue weighted by Crippen LogP contribution is 2.00. The fourth-order valence-electron chi connectivity index (χ4n) is 1.58. The van der Waals surface area contributed by atoms with Crippen molar-refractivity contribution in [3.63, 3.8) is 0 Å². The van der Waals surface area contributed by atoms with E-state index in [1.165, 1.54) is 17.0 Å². The van der Waals surface area contributed by atoms with E-state index >= 15 is 0 Å². The maximum atomic E-state index is 11.9. The summed E-state index contributed by atoms with van der Waals surface area (Å²) in [4.78, 5) is 28.8. The lowest BCUT2D eigenvalue weighted by Gasteiger charge is -2.26. The zero-order valence-electron chi connectivity index (χ0n) is 9.13. The first kappa shape index (κ1) is 12.1. The second-order valence-corrected chi connectivity index (χ2v) is 4.06. The zero-order valence-corrected chi connectivity index (χ0v) is 9.89. The van der Waals surface area contributed by atoms with Gasteiger partial charge in [0.1, 0.15) is 11.7 Å². The molecule has 0 saturated carbocycles. The van der Waals surface area contributed by atoms with Crippen LogP contribution in [-0.4, -0.2) is 46.7 Å². The maximum absolute atomic E-state index is 11.9. The van der Waals surface area contributed by atoms with Gasteiger partial charge < -0.3 is 9.64 Å². The van der Waals surface area contributed by atoms with E-state index in [1.54, 1.807) is 4.90 Å². The van der Waals surface area contributed by atoms with E-state index in [2.05, 4.69) is 4.98 Å². The van der Waals surface area contributed by atoms with Crippen molar-refractivity contribution < 1.29 is 9.53 Å². The molecular formula is C10H12ClN3O3. The molecule has 1 amide bonds. The number of hydrogen-bond acceptors (Lipinski definition) is 4. The van der Waals surface area contributed by atoms with Crippen molar-refractivity contribution >= 4 is 17.5 Å². The topological polar surface area (TPSA) is 64.4 Å². The lowest BCUT2D eigenvalue weighted by Crippen LogP contribution is -2.43. The van der Waals surface area contributed by atoms with Crippen LogP contribution in [0.4, 0.5) is 0 Å². The van der Waals surface area contributed by atoms with Gasteiger partial charge in [0.2, 0.25) is 5.91 Å². The second-order valence-electron chi connectivity index (χ2n) is 3.67. The average Bonchev–Trinajstić information content (AvgIpc) is 2.34. The Morgan fingerprint density at radius 3 is 2.82 bits per heavy atom. The van der Waals surface area contributed by atoms with Crippen molar-refractivity contribution in [3.05, 3.63) is 27.9 Å². The monoisotopic (exact) mass is 257 g/mol. The molecule has 2 rings (SSSR count). The van der Waals surface area contributed by atoms with Crippen LogP contribution in [-0.2, 0) is 16.1 Å². The van der Waals surface area contributed by atoms with Gasteiger partial charge in [0.15, 0.2) is 0 Å². The molecule has 0 aromatic carbocycles. The predicted octanol–water partition coefficient (Wildman–Crippen LogP) is -0.244. The molecule has 1 aliphatic heterocycles. The van der Waals surface area contributed by atoms with Crippen LogP contribution in [0.2, 0.25) is 5.15 Å². The SMILES string of the molecule is O=C(Cn1cnc(Cl)cc1=O)N1CCOCC1. The highest BCUT2D eigenvalue weighted by molar-refractivity contribution is 6.29. The standard InChI is InChI=1S/C10H12ClN3O3/c11-8-5-9(15)14(7-12-8)6-10(16)13-1-3-17-4-2-13/h5,7H,1-4,6H2. The number of morpholine rings is 1. The van der Waals surface area contributed by atoms with E-state index in [-0.39, 0.29) is 23.2 Å². The molecule has 0 radical (unpaired) electrons. The van der Waals surface area contributed by atoms with Crippen molar-refractivity contribution in [2.24, 2.45) is 0 Å². The Kier molecular flexibility index (Phi) is 3.75. The van der Waals surface area contributed by atoms with Crippen LogP contribution in [0.15, 0.2) is 17.2 Å². The van der Waals surface area contributed by atoms with Gasteiger partial charge >= 0.3 is 0 Å². The third kappa shape index (κ3) is 3.04. The first-order chi connectivity index (χ1) is 8.16. The van der Waals surface area contributed by atoms with Crippen LogP contribution >= 0.6 is 11.6 Å². The van der Waals surface area contributed by atoms with E-state index in [1.807, 2.05) is 0 Å². The number of halogens is 1. The van der Waals surface area contributed by atoms with Gasteiger partial charge in [-0.1, -0.05) is 11.6 Å². The van der Waals surface area contributed by atoms with E-state index in [4.69, 9.17) is 16.3 Å². The lowest BCUT2D eigenvalue weighted by atomic mass is 10.4. The summed E-state index contributed by atoms with van der Waals surface area (Å²) in [5.74, 6) is -0.112. The highest BCUT2D eigenvalue weighted by atomic mass is 35.5. The van der Waals surface area contributed by atoms with Gasteiger partial charge in [-0.25, -0.2) is 4.98 Å². The number of carbonyl (C=O) groups is 1. The molecule has 0 aliphatic carbocycles. The van der Waals surface area contributed by atoms with Gasteiger partial charge in [0.25, 0.3) is 5.56 Å². The van der Waals surface area contributed by atoms with Gasteiger partial charge in [-0.2, -0.15) is 0 Å². The summed E-state index contributed by atoms with van der Waals surface area (Å²) in [5.41, 5.74) is -0.327. The molecule has 92 valence electrons. The molecule has 0 unspecified atom stereocenters. The molecule has 1 aliphatic rings. The third-order valence-electron chi connectivity index (χ3n) is 2.52. The molecule has 0 atom stereocenters. The summed E-state index contributed by atoms with van der Waals surface area (Å²) in [6.07, 6.45) is 1.28. The van der Waals surface area contributed by atoms with E-state index < -0.39 is 0 Å². The van der Waals surface area contributed by atoms with E-state index in [0.29, 0.717) is 26.3 Å². The van der Waals surface area contributed by atoms with Crippen LogP contribution in [0, 0.1) is 0 Å². The van der Waals surface area contributed by atoms with Crippen molar-refractivity contribution in [3.8, 4) is 0 Å². The van der Waals surface area contributed by atoms with Crippen LogP contribution in [0.3, 0.4) is 0 Å². The minimum Gasteiger partial charge on any atom is -0.378 e. The Balaban J connectivity index is 2.04. The molecule has 6 nitrogen and oxygen atoms in total. The Hall–Kier alpha value is -1.40. The summed E-state index contributed by atoms with van der Waals surface area (Å²) in [5, 5.41) is 0.130. The molecule has 1 saturated heterocycles. The fourth-order valence-corrected chi connectivity index (χ4v) is 1.72. The van der Waals surface area contributed by atoms with Crippen molar-refractivity contribution in [1.82, 2.24) is 14.5 Å². The first-order valence-electron chi connectivity index (χ1n) is 5.24. The van der Waals surface area contributed by atoms with E-state index in [0.717, 1.165) is 0 Å². The summed E-state index contributed by atoms with van der Waals surface area (Å²) in [6.45, 7) is 2.20. The molecule has 0 N–H and O–H groups in total. The van der Waals surface area contributed by atoms with Gasteiger partial charge in [-0.3, -0.25) is 14.2 Å². The molecular weight excluding hydrogens is 246 g/mol. The van der Waals surface area contributed by atoms with Gasteiger partial charge in [-0.15, -0.1) is 0 Å². The minimum absolute atomic E-state index is 0.0109. The Bertz CT molecular complexity index is 468. The van der Waals surface area contributed by atoms with Crippen LogP contribution in [0.1, 0.15) is 0 Å². The number of ether oxygens (including phenoxy) is 1. The number of amides is 1. The highest BCUT2D eigenvalue weighted by Gasteiger charge is 2.17. The maximum Gasteiger partial charge on any atom is 0.255 e. The summed E-state index contributed by atoms with van der Waals surface area (Å²) >= 11 is 5.57. The zero-order chi connectivity index (χ0) is 12.3. The van der Waals surface area contributed by atoms with Crippen molar-refractivity contribution in [2.45, 2.75) is 6.54 Å². The summed E-state index contributed by atoms with van der Waals surface area (Å²) in [6, 6.07) is 1.19. The second kappa shape index (κ2) is 5.29. The molecule has 2 heterocycles. The van der Waals surface area contributed by atoms with Gasteiger partial charge in [0.05, 0.1) is 19.5 Å². The fraction of sp³-hybridized carbons (Fsp3) is 0.500. The smallest absolute Gasteiger partial charge is 0.255 e. The third-order valence-corrected chi connectivity index (χ3v) is 2.72. The Morgan fingerprint density at radius 1 is 1.47 bits per heavy atom. The van der Waals surface area contributed by atoms with Gasteiger partial charge in [-0.05, 0) is 0 Å². The minimum atomic E-state index is -0.327. The van der Waals surface area contributed by atoms with Crippen molar-refractivity contribution in [2.75, 3.05) is 26.3 Å². The lowest BCUT2D eigenvalue weighted by molar-refractivity contribution is -0.135. The molecule has 17 heavy (non-hydrogen) atoms. The van der Waals surface area contributed by atoms with Gasteiger partial charge in [0, 0.05) is 19.2 Å². The molecule has 0 spiro atoms. The quantitative estimate of drug-likeness (QED) is 0.686. The number of hydrogen-bond donors (Lipinski definition) is 0. The van der Waals surface area contributed by atoms with Crippen LogP contribution in [0.25, 0.3) is 0 Å². The summed E-state index contributed by atoms with van der Waals surface area (Å²) < 4.78 is 6.39. The number of rotatable bonds is 2. The molecule has 1 aromatic heterocycles. The molecule has 7 heteroatoms. The first-order valence-corrected chi connectivity index (χ1v) is 5.62. The number of nitrogens with zero attached hydrogens (tertiary/aromatic N) is 3. The van der Waals surface area contributed by atoms with E-state index in [9.17, 15) is 9.59 Å².